The fourth-order valence-corrected chi connectivity index (χ4v) is 4.72. The van der Waals surface area contributed by atoms with Crippen LogP contribution < -0.4 is 10.1 Å². The average Bonchev–Trinajstić information content (AvgIpc) is 3.10. The topological polar surface area (TPSA) is 78.8 Å². The van der Waals surface area contributed by atoms with Gasteiger partial charge >= 0.3 is 0 Å². The largest absolute Gasteiger partial charge is 0.489 e. The Balaban J connectivity index is 1.42. The second-order valence-electron chi connectivity index (χ2n) is 8.19. The predicted molar refractivity (Wildman–Crippen MR) is 128 cm³/mol. The molecule has 0 spiro atoms. The Morgan fingerprint density at radius 3 is 2.69 bits per heavy atom. The molecule has 0 radical (unpaired) electrons. The van der Waals surface area contributed by atoms with Crippen LogP contribution in [0.15, 0.2) is 66.7 Å². The summed E-state index contributed by atoms with van der Waals surface area (Å²) in [5.74, 6) is 1.03. The highest BCUT2D eigenvalue weighted by atomic mass is 32.2. The molecule has 1 unspecified atom stereocenters. The maximum Gasteiger partial charge on any atom is 0.152 e. The molecule has 1 aliphatic carbocycles. The van der Waals surface area contributed by atoms with Crippen LogP contribution in [-0.4, -0.2) is 32.3 Å². The number of ether oxygens (including phenoxy) is 1. The lowest BCUT2D eigenvalue weighted by atomic mass is 9.97. The Hall–Kier alpha value is -2.51. The van der Waals surface area contributed by atoms with E-state index in [4.69, 9.17) is 9.29 Å². The zero-order valence-corrected chi connectivity index (χ0v) is 19.0. The second-order valence-corrected chi connectivity index (χ2v) is 9.24. The van der Waals surface area contributed by atoms with Crippen molar-refractivity contribution in [3.63, 3.8) is 0 Å². The van der Waals surface area contributed by atoms with Crippen LogP contribution in [0.4, 0.5) is 0 Å². The highest BCUT2D eigenvalue weighted by Crippen LogP contribution is 2.34. The highest BCUT2D eigenvalue weighted by Gasteiger charge is 2.30. The lowest BCUT2D eigenvalue weighted by molar-refractivity contribution is 0.141. The van der Waals surface area contributed by atoms with Gasteiger partial charge in [-0.15, -0.1) is 0 Å². The third-order valence-corrected chi connectivity index (χ3v) is 6.69. The molecule has 0 heterocycles. The average molecular weight is 452 g/mol. The molecule has 6 heteroatoms. The molecule has 0 aliphatic heterocycles. The van der Waals surface area contributed by atoms with Gasteiger partial charge in [-0.3, -0.25) is 0 Å². The van der Waals surface area contributed by atoms with Gasteiger partial charge in [0.25, 0.3) is 0 Å². The molecule has 1 aliphatic rings. The summed E-state index contributed by atoms with van der Waals surface area (Å²) in [7, 11) is 0. The van der Waals surface area contributed by atoms with Crippen molar-refractivity contribution in [3.8, 4) is 16.9 Å². The van der Waals surface area contributed by atoms with E-state index in [0.29, 0.717) is 26.0 Å². The lowest BCUT2D eigenvalue weighted by Gasteiger charge is -2.18. The SMILES string of the molecule is Cc1c(COc2ccc3c(c2)C[C@H](O)[C@H]3NCCCS(=O)O)cccc1-c1ccccc1. The van der Waals surface area contributed by atoms with E-state index in [1.165, 1.54) is 16.7 Å². The third-order valence-electron chi connectivity index (χ3n) is 6.05. The van der Waals surface area contributed by atoms with E-state index in [1.807, 2.05) is 36.4 Å². The van der Waals surface area contributed by atoms with Gasteiger partial charge < -0.3 is 19.7 Å². The summed E-state index contributed by atoms with van der Waals surface area (Å²) in [6, 6.07) is 22.5. The summed E-state index contributed by atoms with van der Waals surface area (Å²) in [5.41, 5.74) is 6.91. The maximum atomic E-state index is 10.8. The van der Waals surface area contributed by atoms with Crippen molar-refractivity contribution in [1.82, 2.24) is 5.32 Å². The molecule has 0 bridgehead atoms. The summed E-state index contributed by atoms with van der Waals surface area (Å²) < 4.78 is 25.8. The van der Waals surface area contributed by atoms with Crippen molar-refractivity contribution in [2.24, 2.45) is 0 Å². The van der Waals surface area contributed by atoms with Crippen LogP contribution in [0.1, 0.15) is 34.7 Å². The van der Waals surface area contributed by atoms with E-state index in [2.05, 4.69) is 42.6 Å². The van der Waals surface area contributed by atoms with Crippen molar-refractivity contribution in [2.75, 3.05) is 12.3 Å². The molecule has 3 aromatic carbocycles. The van der Waals surface area contributed by atoms with Crippen LogP contribution >= 0.6 is 0 Å². The van der Waals surface area contributed by atoms with Crippen molar-refractivity contribution < 1.29 is 18.6 Å². The Morgan fingerprint density at radius 2 is 1.91 bits per heavy atom. The molecule has 0 amide bonds. The Bertz CT molecular complexity index is 1090. The van der Waals surface area contributed by atoms with Crippen molar-refractivity contribution in [1.29, 1.82) is 0 Å². The lowest BCUT2D eigenvalue weighted by Crippen LogP contribution is -2.30. The first-order chi connectivity index (χ1) is 15.5. The van der Waals surface area contributed by atoms with Gasteiger partial charge in [0.1, 0.15) is 12.4 Å². The molecule has 0 saturated carbocycles. The van der Waals surface area contributed by atoms with Crippen LogP contribution in [-0.2, 0) is 24.1 Å². The molecule has 0 saturated heterocycles. The summed E-state index contributed by atoms with van der Waals surface area (Å²) in [6.45, 7) is 3.19. The fourth-order valence-electron chi connectivity index (χ4n) is 4.33. The Labute approximate surface area is 191 Å². The van der Waals surface area contributed by atoms with Crippen LogP contribution in [0.5, 0.6) is 5.75 Å². The number of hydrogen-bond acceptors (Lipinski definition) is 4. The minimum Gasteiger partial charge on any atom is -0.489 e. The standard InChI is InChI=1S/C26H29NO4S/c1-18-20(9-5-10-23(18)19-7-3-2-4-8-19)17-31-22-11-12-24-21(15-22)16-25(28)26(24)27-13-6-14-32(29)30/h2-5,7-12,15,25-28H,6,13-14,16-17H2,1H3,(H,29,30)/t25-,26-/m0/s1. The summed E-state index contributed by atoms with van der Waals surface area (Å²) in [5, 5.41) is 13.8. The Morgan fingerprint density at radius 1 is 1.09 bits per heavy atom. The van der Waals surface area contributed by atoms with Crippen molar-refractivity contribution in [3.05, 3.63) is 89.0 Å². The minimum atomic E-state index is -1.78. The Kier molecular flexibility index (Phi) is 7.37. The first kappa shape index (κ1) is 22.7. The molecule has 5 nitrogen and oxygen atoms in total. The van der Waals surface area contributed by atoms with Gasteiger partial charge in [-0.1, -0.05) is 54.6 Å². The molecule has 4 rings (SSSR count). The first-order valence-electron chi connectivity index (χ1n) is 10.9. The van der Waals surface area contributed by atoms with E-state index >= 15 is 0 Å². The number of nitrogens with one attached hydrogen (secondary N) is 1. The summed E-state index contributed by atoms with van der Waals surface area (Å²) in [6.07, 6.45) is 0.646. The summed E-state index contributed by atoms with van der Waals surface area (Å²) >= 11 is -1.78. The van der Waals surface area contributed by atoms with Crippen molar-refractivity contribution >= 4 is 11.1 Å². The van der Waals surface area contributed by atoms with Gasteiger partial charge in [-0.25, -0.2) is 4.21 Å². The normalized spacial score (nSPS) is 18.3. The number of aliphatic hydroxyl groups is 1. The van der Waals surface area contributed by atoms with E-state index in [1.54, 1.807) is 0 Å². The van der Waals surface area contributed by atoms with Gasteiger partial charge in [0.15, 0.2) is 11.1 Å². The van der Waals surface area contributed by atoms with Gasteiger partial charge in [-0.2, -0.15) is 0 Å². The molecular weight excluding hydrogens is 422 g/mol. The molecule has 0 fully saturated rings. The number of rotatable bonds is 9. The van der Waals surface area contributed by atoms with Crippen LogP contribution in [0, 0.1) is 6.92 Å². The second kappa shape index (κ2) is 10.4. The molecule has 168 valence electrons. The fraction of sp³-hybridized carbons (Fsp3) is 0.308. The maximum absolute atomic E-state index is 10.8. The molecule has 32 heavy (non-hydrogen) atoms. The van der Waals surface area contributed by atoms with Crippen LogP contribution in [0.25, 0.3) is 11.1 Å². The first-order valence-corrected chi connectivity index (χ1v) is 12.2. The number of hydrogen-bond donors (Lipinski definition) is 3. The van der Waals surface area contributed by atoms with Crippen molar-refractivity contribution in [2.45, 2.75) is 38.5 Å². The summed E-state index contributed by atoms with van der Waals surface area (Å²) in [4.78, 5) is 0. The molecule has 3 atom stereocenters. The molecule has 0 aromatic heterocycles. The smallest absolute Gasteiger partial charge is 0.152 e. The molecular formula is C26H29NO4S. The van der Waals surface area contributed by atoms with Gasteiger partial charge in [0.05, 0.1) is 17.9 Å². The quantitative estimate of drug-likeness (QED) is 0.332. The predicted octanol–water partition coefficient (Wildman–Crippen LogP) is 4.40. The van der Waals surface area contributed by atoms with Gasteiger partial charge in [0, 0.05) is 6.42 Å². The van der Waals surface area contributed by atoms with Gasteiger partial charge in [-0.05, 0) is 65.4 Å². The highest BCUT2D eigenvalue weighted by molar-refractivity contribution is 7.79. The molecule has 3 aromatic rings. The minimum absolute atomic E-state index is 0.157. The third kappa shape index (κ3) is 5.27. The van der Waals surface area contributed by atoms with Gasteiger partial charge in [0.2, 0.25) is 0 Å². The zero-order chi connectivity index (χ0) is 22.5. The number of aliphatic hydroxyl groups excluding tert-OH is 1. The van der Waals surface area contributed by atoms with E-state index in [0.717, 1.165) is 22.4 Å². The van der Waals surface area contributed by atoms with Crippen LogP contribution in [0.2, 0.25) is 0 Å². The molecule has 3 N–H and O–H groups in total. The number of fused-ring (bicyclic) bond motifs is 1. The van der Waals surface area contributed by atoms with Crippen LogP contribution in [0.3, 0.4) is 0 Å². The zero-order valence-electron chi connectivity index (χ0n) is 18.2. The monoisotopic (exact) mass is 451 g/mol. The van der Waals surface area contributed by atoms with E-state index in [-0.39, 0.29) is 11.8 Å². The number of benzene rings is 3. The van der Waals surface area contributed by atoms with E-state index in [9.17, 15) is 9.32 Å². The van der Waals surface area contributed by atoms with E-state index < -0.39 is 17.2 Å².